The third kappa shape index (κ3) is 7.17. The van der Waals surface area contributed by atoms with Crippen LogP contribution < -0.4 is 10.0 Å². The second kappa shape index (κ2) is 8.87. The molecule has 0 heterocycles. The highest BCUT2D eigenvalue weighted by Crippen LogP contribution is 2.28. The van der Waals surface area contributed by atoms with Gasteiger partial charge in [0.05, 0.1) is 6.26 Å². The van der Waals surface area contributed by atoms with Gasteiger partial charge in [0.15, 0.2) is 0 Å². The van der Waals surface area contributed by atoms with Gasteiger partial charge in [-0.3, -0.25) is 9.52 Å². The van der Waals surface area contributed by atoms with Crippen LogP contribution in [0.2, 0.25) is 0 Å². The minimum absolute atomic E-state index is 0.0974. The number of amides is 1. The molecule has 0 bridgehead atoms. The first-order chi connectivity index (χ1) is 11.4. The molecule has 0 aromatic heterocycles. The molecule has 1 aliphatic carbocycles. The Labute approximate surface area is 144 Å². The zero-order valence-electron chi connectivity index (χ0n) is 14.1. The van der Waals surface area contributed by atoms with Crippen molar-refractivity contribution in [1.29, 1.82) is 0 Å². The van der Waals surface area contributed by atoms with Crippen molar-refractivity contribution < 1.29 is 13.2 Å². The van der Waals surface area contributed by atoms with Crippen molar-refractivity contribution in [3.63, 3.8) is 0 Å². The fraction of sp³-hybridized carbons (Fsp3) is 0.500. The highest BCUT2D eigenvalue weighted by Gasteiger charge is 2.13. The molecule has 2 rings (SSSR count). The number of hydrogen-bond donors (Lipinski definition) is 2. The van der Waals surface area contributed by atoms with Crippen LogP contribution in [0.15, 0.2) is 30.3 Å². The van der Waals surface area contributed by atoms with Gasteiger partial charge in [-0.15, -0.1) is 0 Å². The lowest BCUT2D eigenvalue weighted by atomic mass is 10.0. The van der Waals surface area contributed by atoms with Crippen molar-refractivity contribution in [3.05, 3.63) is 35.9 Å². The lowest BCUT2D eigenvalue weighted by Crippen LogP contribution is -2.22. The normalized spacial score (nSPS) is 15.7. The van der Waals surface area contributed by atoms with Crippen LogP contribution in [0.5, 0.6) is 0 Å². The Balaban J connectivity index is 1.70. The molecular weight excluding hydrogens is 324 g/mol. The van der Waals surface area contributed by atoms with Crippen LogP contribution in [0.25, 0.3) is 6.08 Å². The van der Waals surface area contributed by atoms with E-state index >= 15 is 0 Å². The van der Waals surface area contributed by atoms with E-state index in [0.717, 1.165) is 30.7 Å². The molecule has 1 aliphatic rings. The molecule has 2 N–H and O–H groups in total. The average Bonchev–Trinajstić information content (AvgIpc) is 3.03. The van der Waals surface area contributed by atoms with Crippen LogP contribution in [0.3, 0.4) is 0 Å². The van der Waals surface area contributed by atoms with Gasteiger partial charge in [0.1, 0.15) is 0 Å². The summed E-state index contributed by atoms with van der Waals surface area (Å²) in [5, 5.41) is 2.90. The van der Waals surface area contributed by atoms with E-state index in [-0.39, 0.29) is 5.91 Å². The van der Waals surface area contributed by atoms with Crippen LogP contribution in [0.1, 0.15) is 44.1 Å². The summed E-state index contributed by atoms with van der Waals surface area (Å²) in [6.45, 7) is 0.719. The first-order valence-corrected chi connectivity index (χ1v) is 10.4. The molecule has 1 fully saturated rings. The molecule has 1 aromatic rings. The summed E-state index contributed by atoms with van der Waals surface area (Å²) in [4.78, 5) is 11.8. The Morgan fingerprint density at radius 1 is 1.21 bits per heavy atom. The number of nitrogens with one attached hydrogen (secondary N) is 2. The fourth-order valence-electron chi connectivity index (χ4n) is 3.01. The van der Waals surface area contributed by atoms with Gasteiger partial charge < -0.3 is 5.32 Å². The van der Waals surface area contributed by atoms with Crippen molar-refractivity contribution in [1.82, 2.24) is 5.32 Å². The van der Waals surface area contributed by atoms with Crippen LogP contribution in [-0.4, -0.2) is 27.1 Å². The van der Waals surface area contributed by atoms with Crippen molar-refractivity contribution in [2.75, 3.05) is 17.5 Å². The average molecular weight is 350 g/mol. The maximum atomic E-state index is 11.8. The summed E-state index contributed by atoms with van der Waals surface area (Å²) in [7, 11) is -3.27. The number of carbonyl (C=O) groups is 1. The SMILES string of the molecule is CS(=O)(=O)Nc1ccc(/C=C/C(=O)NCCCC2CCCC2)cc1. The van der Waals surface area contributed by atoms with E-state index in [9.17, 15) is 13.2 Å². The largest absolute Gasteiger partial charge is 0.353 e. The van der Waals surface area contributed by atoms with E-state index in [1.807, 2.05) is 0 Å². The Bertz CT molecular complexity index is 660. The lowest BCUT2D eigenvalue weighted by Gasteiger charge is -2.08. The quantitative estimate of drug-likeness (QED) is 0.558. The summed E-state index contributed by atoms with van der Waals surface area (Å²) in [6, 6.07) is 6.86. The summed E-state index contributed by atoms with van der Waals surface area (Å²) >= 11 is 0. The van der Waals surface area contributed by atoms with E-state index in [1.165, 1.54) is 38.2 Å². The summed E-state index contributed by atoms with van der Waals surface area (Å²) in [6.07, 6.45) is 12.0. The molecule has 0 atom stereocenters. The minimum atomic E-state index is -3.27. The van der Waals surface area contributed by atoms with Crippen LogP contribution in [-0.2, 0) is 14.8 Å². The molecule has 132 valence electrons. The summed E-state index contributed by atoms with van der Waals surface area (Å²) in [5.74, 6) is 0.760. The maximum absolute atomic E-state index is 11.8. The molecule has 5 nitrogen and oxygen atoms in total. The Kier molecular flexibility index (Phi) is 6.85. The van der Waals surface area contributed by atoms with Gasteiger partial charge in [-0.25, -0.2) is 8.42 Å². The predicted molar refractivity (Wildman–Crippen MR) is 98.1 cm³/mol. The van der Waals surface area contributed by atoms with Crippen molar-refractivity contribution in [2.24, 2.45) is 5.92 Å². The number of hydrogen-bond acceptors (Lipinski definition) is 3. The fourth-order valence-corrected chi connectivity index (χ4v) is 3.57. The molecule has 0 unspecified atom stereocenters. The number of carbonyl (C=O) groups excluding carboxylic acids is 1. The molecule has 1 amide bonds. The molecule has 24 heavy (non-hydrogen) atoms. The van der Waals surface area contributed by atoms with Gasteiger partial charge in [0.25, 0.3) is 0 Å². The van der Waals surface area contributed by atoms with Gasteiger partial charge in [0.2, 0.25) is 15.9 Å². The molecule has 0 radical (unpaired) electrons. The van der Waals surface area contributed by atoms with Crippen LogP contribution in [0.4, 0.5) is 5.69 Å². The third-order valence-corrected chi connectivity index (χ3v) is 4.81. The monoisotopic (exact) mass is 350 g/mol. The van der Waals surface area contributed by atoms with Crippen molar-refractivity contribution >= 4 is 27.7 Å². The third-order valence-electron chi connectivity index (χ3n) is 4.20. The first kappa shape index (κ1) is 18.5. The van der Waals surface area contributed by atoms with Gasteiger partial charge >= 0.3 is 0 Å². The second-order valence-electron chi connectivity index (χ2n) is 6.41. The van der Waals surface area contributed by atoms with E-state index in [1.54, 1.807) is 30.3 Å². The van der Waals surface area contributed by atoms with Gasteiger partial charge in [-0.05, 0) is 42.5 Å². The molecular formula is C18H26N2O3S. The highest BCUT2D eigenvalue weighted by molar-refractivity contribution is 7.92. The highest BCUT2D eigenvalue weighted by atomic mass is 32.2. The van der Waals surface area contributed by atoms with E-state index < -0.39 is 10.0 Å². The maximum Gasteiger partial charge on any atom is 0.243 e. The molecule has 0 spiro atoms. The number of sulfonamides is 1. The molecule has 1 saturated carbocycles. The standard InChI is InChI=1S/C18H26N2O3S/c1-24(22,23)20-17-11-8-16(9-12-17)10-13-18(21)19-14-4-7-15-5-2-3-6-15/h8-13,15,20H,2-7,14H2,1H3,(H,19,21)/b13-10+. The van der Waals surface area contributed by atoms with Crippen molar-refractivity contribution in [3.8, 4) is 0 Å². The molecule has 0 aliphatic heterocycles. The molecule has 1 aromatic carbocycles. The Morgan fingerprint density at radius 3 is 2.50 bits per heavy atom. The lowest BCUT2D eigenvalue weighted by molar-refractivity contribution is -0.116. The minimum Gasteiger partial charge on any atom is -0.353 e. The van der Waals surface area contributed by atoms with Crippen LogP contribution >= 0.6 is 0 Å². The van der Waals surface area contributed by atoms with Gasteiger partial charge in [0, 0.05) is 18.3 Å². The first-order valence-electron chi connectivity index (χ1n) is 8.46. The Morgan fingerprint density at radius 2 is 1.88 bits per heavy atom. The molecule has 6 heteroatoms. The van der Waals surface area contributed by atoms with E-state index in [2.05, 4.69) is 10.0 Å². The second-order valence-corrected chi connectivity index (χ2v) is 8.16. The summed E-state index contributed by atoms with van der Waals surface area (Å²) in [5.41, 5.74) is 1.35. The predicted octanol–water partition coefficient (Wildman–Crippen LogP) is 3.16. The Hall–Kier alpha value is -1.82. The van der Waals surface area contributed by atoms with E-state index in [4.69, 9.17) is 0 Å². The topological polar surface area (TPSA) is 75.3 Å². The van der Waals surface area contributed by atoms with Gasteiger partial charge in [-0.2, -0.15) is 0 Å². The van der Waals surface area contributed by atoms with E-state index in [0.29, 0.717) is 5.69 Å². The number of benzene rings is 1. The van der Waals surface area contributed by atoms with Gasteiger partial charge in [-0.1, -0.05) is 37.8 Å². The summed E-state index contributed by atoms with van der Waals surface area (Å²) < 4.78 is 24.7. The molecule has 0 saturated heterocycles. The number of anilines is 1. The zero-order chi connectivity index (χ0) is 17.4. The zero-order valence-corrected chi connectivity index (χ0v) is 14.9. The smallest absolute Gasteiger partial charge is 0.243 e. The van der Waals surface area contributed by atoms with Crippen molar-refractivity contribution in [2.45, 2.75) is 38.5 Å². The van der Waals surface area contributed by atoms with Crippen LogP contribution in [0, 0.1) is 5.92 Å². The number of rotatable bonds is 8.